The maximum atomic E-state index is 13.0. The third kappa shape index (κ3) is 3.15. The highest BCUT2D eigenvalue weighted by Crippen LogP contribution is 2.40. The number of anilines is 1. The zero-order chi connectivity index (χ0) is 19.8. The van der Waals surface area contributed by atoms with E-state index in [9.17, 15) is 9.59 Å². The molecule has 8 nitrogen and oxygen atoms in total. The number of methoxy groups -OCH3 is 1. The largest absolute Gasteiger partial charge is 0.465 e. The Morgan fingerprint density at radius 2 is 2.25 bits per heavy atom. The number of aromatic nitrogens is 4. The summed E-state index contributed by atoms with van der Waals surface area (Å²) in [6.07, 6.45) is 5.26. The van der Waals surface area contributed by atoms with E-state index >= 15 is 0 Å². The first-order chi connectivity index (χ1) is 13.5. The number of thiophene rings is 1. The molecule has 1 N–H and O–H groups in total. The average molecular weight is 399 g/mol. The van der Waals surface area contributed by atoms with E-state index in [4.69, 9.17) is 4.74 Å². The van der Waals surface area contributed by atoms with Gasteiger partial charge in [0.1, 0.15) is 17.0 Å². The molecule has 0 spiro atoms. The molecular weight excluding hydrogens is 378 g/mol. The smallest absolute Gasteiger partial charge is 0.341 e. The van der Waals surface area contributed by atoms with E-state index in [1.165, 1.54) is 29.3 Å². The van der Waals surface area contributed by atoms with Crippen LogP contribution in [-0.4, -0.2) is 38.6 Å². The fourth-order valence-corrected chi connectivity index (χ4v) is 5.01. The van der Waals surface area contributed by atoms with Crippen LogP contribution < -0.4 is 5.32 Å². The number of amides is 1. The highest BCUT2D eigenvalue weighted by atomic mass is 32.1. The average Bonchev–Trinajstić information content (AvgIpc) is 3.29. The van der Waals surface area contributed by atoms with Gasteiger partial charge in [-0.1, -0.05) is 13.3 Å². The van der Waals surface area contributed by atoms with E-state index in [-0.39, 0.29) is 5.91 Å². The van der Waals surface area contributed by atoms with E-state index in [0.717, 1.165) is 36.1 Å². The third-order valence-electron chi connectivity index (χ3n) is 5.17. The molecule has 146 valence electrons. The molecule has 3 heterocycles. The highest BCUT2D eigenvalue weighted by Gasteiger charge is 2.30. The van der Waals surface area contributed by atoms with Crippen molar-refractivity contribution in [2.75, 3.05) is 12.4 Å². The van der Waals surface area contributed by atoms with Gasteiger partial charge in [-0.05, 0) is 43.7 Å². The van der Waals surface area contributed by atoms with Gasteiger partial charge in [0, 0.05) is 10.6 Å². The summed E-state index contributed by atoms with van der Waals surface area (Å²) in [6, 6.07) is 1.65. The summed E-state index contributed by atoms with van der Waals surface area (Å²) in [5.41, 5.74) is 2.46. The lowest BCUT2D eigenvalue weighted by molar-refractivity contribution is 0.0601. The molecule has 0 aromatic carbocycles. The van der Waals surface area contributed by atoms with Gasteiger partial charge in [-0.15, -0.1) is 11.3 Å². The van der Waals surface area contributed by atoms with Crippen molar-refractivity contribution in [3.63, 3.8) is 0 Å². The lowest BCUT2D eigenvalue weighted by Gasteiger charge is -2.20. The SMILES string of the molecule is CCC1CCc2c(sc(NC(=O)c3cc(C)nc4ncnn34)c2C(=O)OC)C1. The van der Waals surface area contributed by atoms with Crippen molar-refractivity contribution in [2.45, 2.75) is 39.5 Å². The second-order valence-electron chi connectivity index (χ2n) is 6.93. The zero-order valence-electron chi connectivity index (χ0n) is 16.0. The Morgan fingerprint density at radius 3 is 3.00 bits per heavy atom. The lowest BCUT2D eigenvalue weighted by atomic mass is 9.85. The van der Waals surface area contributed by atoms with Gasteiger partial charge in [-0.3, -0.25) is 4.79 Å². The first-order valence-corrected chi connectivity index (χ1v) is 10.0. The van der Waals surface area contributed by atoms with Crippen LogP contribution in [0.3, 0.4) is 0 Å². The number of aryl methyl sites for hydroxylation is 1. The summed E-state index contributed by atoms with van der Waals surface area (Å²) in [6.45, 7) is 3.97. The Labute approximate surface area is 166 Å². The molecule has 0 saturated heterocycles. The number of fused-ring (bicyclic) bond motifs is 2. The number of hydrogen-bond acceptors (Lipinski definition) is 7. The van der Waals surface area contributed by atoms with Crippen LogP contribution in [0, 0.1) is 12.8 Å². The second kappa shape index (κ2) is 7.31. The summed E-state index contributed by atoms with van der Waals surface area (Å²) in [4.78, 5) is 34.9. The van der Waals surface area contributed by atoms with E-state index in [1.807, 2.05) is 0 Å². The third-order valence-corrected chi connectivity index (χ3v) is 6.34. The summed E-state index contributed by atoms with van der Waals surface area (Å²) >= 11 is 1.47. The van der Waals surface area contributed by atoms with Crippen LogP contribution in [0.4, 0.5) is 5.00 Å². The molecule has 0 radical (unpaired) electrons. The van der Waals surface area contributed by atoms with Gasteiger partial charge in [-0.25, -0.2) is 9.78 Å². The predicted octanol–water partition coefficient (Wildman–Crippen LogP) is 3.05. The van der Waals surface area contributed by atoms with Crippen molar-refractivity contribution in [1.82, 2.24) is 19.6 Å². The minimum absolute atomic E-state index is 0.314. The maximum absolute atomic E-state index is 13.0. The Hall–Kier alpha value is -2.81. The monoisotopic (exact) mass is 399 g/mol. The Morgan fingerprint density at radius 1 is 1.43 bits per heavy atom. The lowest BCUT2D eigenvalue weighted by Crippen LogP contribution is -2.19. The minimum Gasteiger partial charge on any atom is -0.465 e. The van der Waals surface area contributed by atoms with E-state index < -0.39 is 5.97 Å². The standard InChI is InChI=1S/C19H21N5O3S/c1-4-11-5-6-12-14(8-11)28-17(15(12)18(26)27-3)23-16(25)13-7-10(2)22-19-20-9-21-24(13)19/h7,9,11H,4-6,8H2,1-3H3,(H,23,25). The van der Waals surface area contributed by atoms with Crippen molar-refractivity contribution < 1.29 is 14.3 Å². The molecule has 1 atom stereocenters. The van der Waals surface area contributed by atoms with Crippen LogP contribution >= 0.6 is 11.3 Å². The van der Waals surface area contributed by atoms with Gasteiger partial charge >= 0.3 is 5.97 Å². The first kappa shape index (κ1) is 18.5. The van der Waals surface area contributed by atoms with Crippen molar-refractivity contribution in [1.29, 1.82) is 0 Å². The molecule has 1 aliphatic rings. The molecule has 0 aliphatic heterocycles. The minimum atomic E-state index is -0.417. The summed E-state index contributed by atoms with van der Waals surface area (Å²) < 4.78 is 6.39. The van der Waals surface area contributed by atoms with Gasteiger partial charge in [0.05, 0.1) is 12.7 Å². The normalized spacial score (nSPS) is 16.0. The molecule has 28 heavy (non-hydrogen) atoms. The van der Waals surface area contributed by atoms with Crippen LogP contribution in [0.25, 0.3) is 5.78 Å². The number of carbonyl (C=O) groups excluding carboxylic acids is 2. The molecule has 0 saturated carbocycles. The van der Waals surface area contributed by atoms with Crippen molar-refractivity contribution in [2.24, 2.45) is 5.92 Å². The van der Waals surface area contributed by atoms with E-state index in [1.54, 1.807) is 13.0 Å². The van der Waals surface area contributed by atoms with Crippen LogP contribution in [0.2, 0.25) is 0 Å². The van der Waals surface area contributed by atoms with E-state index in [2.05, 4.69) is 27.3 Å². The molecule has 1 amide bonds. The zero-order valence-corrected chi connectivity index (χ0v) is 16.8. The van der Waals surface area contributed by atoms with E-state index in [0.29, 0.717) is 33.6 Å². The first-order valence-electron chi connectivity index (χ1n) is 9.23. The molecule has 4 rings (SSSR count). The van der Waals surface area contributed by atoms with Crippen LogP contribution in [0.1, 0.15) is 56.7 Å². The Kier molecular flexibility index (Phi) is 4.84. The summed E-state index contributed by atoms with van der Waals surface area (Å²) in [5.74, 6) is 0.184. The highest BCUT2D eigenvalue weighted by molar-refractivity contribution is 7.17. The van der Waals surface area contributed by atoms with Gasteiger partial charge < -0.3 is 10.1 Å². The van der Waals surface area contributed by atoms with Gasteiger partial charge in [0.2, 0.25) is 0 Å². The molecule has 1 unspecified atom stereocenters. The maximum Gasteiger partial charge on any atom is 0.341 e. The number of ether oxygens (including phenoxy) is 1. The molecule has 3 aromatic heterocycles. The number of rotatable bonds is 4. The fourth-order valence-electron chi connectivity index (χ4n) is 3.67. The molecule has 0 bridgehead atoms. The quantitative estimate of drug-likeness (QED) is 0.677. The second-order valence-corrected chi connectivity index (χ2v) is 8.03. The van der Waals surface area contributed by atoms with Crippen LogP contribution in [0.15, 0.2) is 12.4 Å². The topological polar surface area (TPSA) is 98.5 Å². The fraction of sp³-hybridized carbons (Fsp3) is 0.421. The van der Waals surface area contributed by atoms with Gasteiger partial charge in [0.15, 0.2) is 0 Å². The number of carbonyl (C=O) groups is 2. The van der Waals surface area contributed by atoms with Crippen molar-refractivity contribution in [3.8, 4) is 0 Å². The molecule has 0 fully saturated rings. The Bertz CT molecular complexity index is 1070. The number of esters is 1. The summed E-state index contributed by atoms with van der Waals surface area (Å²) in [5, 5.41) is 7.51. The summed E-state index contributed by atoms with van der Waals surface area (Å²) in [7, 11) is 1.36. The van der Waals surface area contributed by atoms with Crippen molar-refractivity contribution >= 4 is 34.0 Å². The predicted molar refractivity (Wildman–Crippen MR) is 105 cm³/mol. The number of nitrogens with one attached hydrogen (secondary N) is 1. The molecule has 3 aromatic rings. The van der Waals surface area contributed by atoms with Gasteiger partial charge in [-0.2, -0.15) is 14.6 Å². The van der Waals surface area contributed by atoms with Crippen LogP contribution in [-0.2, 0) is 17.6 Å². The molecule has 1 aliphatic carbocycles. The van der Waals surface area contributed by atoms with Gasteiger partial charge in [0.25, 0.3) is 11.7 Å². The van der Waals surface area contributed by atoms with Crippen LogP contribution in [0.5, 0.6) is 0 Å². The molecule has 9 heteroatoms. The molecular formula is C19H21N5O3S. The Balaban J connectivity index is 1.73. The number of hydrogen-bond donors (Lipinski definition) is 1. The van der Waals surface area contributed by atoms with Crippen molar-refractivity contribution in [3.05, 3.63) is 39.8 Å². The number of nitrogens with zero attached hydrogens (tertiary/aromatic N) is 4.